The number of non-ortho nitro benzene ring substituents is 1. The van der Waals surface area contributed by atoms with Crippen molar-refractivity contribution >= 4 is 40.6 Å². The summed E-state index contributed by atoms with van der Waals surface area (Å²) in [5.41, 5.74) is 1.88. The summed E-state index contributed by atoms with van der Waals surface area (Å²) in [6.07, 6.45) is 0. The molecule has 0 spiro atoms. The average Bonchev–Trinajstić information content (AvgIpc) is 3.12. The highest BCUT2D eigenvalue weighted by atomic mass is 35.5. The fourth-order valence-electron chi connectivity index (χ4n) is 2.27. The van der Waals surface area contributed by atoms with Crippen molar-refractivity contribution in [1.82, 2.24) is 20.2 Å². The number of nitrogens with one attached hydrogen (secondary N) is 1. The van der Waals surface area contributed by atoms with Crippen LogP contribution in [0.2, 0.25) is 5.02 Å². The van der Waals surface area contributed by atoms with Crippen molar-refractivity contribution < 1.29 is 9.72 Å². The zero-order valence-electron chi connectivity index (χ0n) is 14.9. The summed E-state index contributed by atoms with van der Waals surface area (Å²) in [7, 11) is 0. The van der Waals surface area contributed by atoms with Crippen molar-refractivity contribution in [3.8, 4) is 5.69 Å². The Morgan fingerprint density at radius 3 is 2.68 bits per heavy atom. The van der Waals surface area contributed by atoms with Crippen LogP contribution < -0.4 is 5.32 Å². The predicted octanol–water partition coefficient (Wildman–Crippen LogP) is 3.65. The molecule has 3 rings (SSSR count). The number of hydrogen-bond acceptors (Lipinski definition) is 7. The van der Waals surface area contributed by atoms with E-state index < -0.39 is 10.2 Å². The van der Waals surface area contributed by atoms with Gasteiger partial charge in [-0.3, -0.25) is 14.9 Å². The Kier molecular flexibility index (Phi) is 5.90. The number of anilines is 1. The Balaban J connectivity index is 1.74. The molecule has 3 aromatic rings. The molecular formula is C17H15ClN6O3S. The lowest BCUT2D eigenvalue weighted by molar-refractivity contribution is -0.384. The van der Waals surface area contributed by atoms with Crippen LogP contribution in [0.3, 0.4) is 0 Å². The Labute approximate surface area is 169 Å². The largest absolute Gasteiger partial charge is 0.324 e. The number of carbonyl (C=O) groups excluding carboxylic acids is 1. The number of amides is 1. The molecule has 1 heterocycles. The number of nitrogens with zero attached hydrogens (tertiary/aromatic N) is 5. The third-order valence-electron chi connectivity index (χ3n) is 3.79. The molecular weight excluding hydrogens is 404 g/mol. The molecule has 0 aliphatic rings. The molecule has 28 heavy (non-hydrogen) atoms. The van der Waals surface area contributed by atoms with Crippen molar-refractivity contribution in [2.75, 3.05) is 5.32 Å². The fraction of sp³-hybridized carbons (Fsp3) is 0.176. The molecule has 0 aliphatic carbocycles. The second-order valence-electron chi connectivity index (χ2n) is 5.88. The van der Waals surface area contributed by atoms with Gasteiger partial charge in [-0.25, -0.2) is 0 Å². The normalized spacial score (nSPS) is 11.8. The minimum Gasteiger partial charge on any atom is -0.324 e. The molecule has 1 N–H and O–H groups in total. The van der Waals surface area contributed by atoms with Crippen LogP contribution in [-0.2, 0) is 4.79 Å². The van der Waals surface area contributed by atoms with Crippen LogP contribution in [0, 0.1) is 17.0 Å². The zero-order chi connectivity index (χ0) is 20.3. The van der Waals surface area contributed by atoms with Crippen LogP contribution in [-0.4, -0.2) is 36.3 Å². The molecule has 9 nitrogen and oxygen atoms in total. The van der Waals surface area contributed by atoms with Crippen LogP contribution in [0.5, 0.6) is 0 Å². The van der Waals surface area contributed by atoms with Gasteiger partial charge in [-0.05, 0) is 42.5 Å². The highest BCUT2D eigenvalue weighted by molar-refractivity contribution is 8.00. The molecule has 1 aromatic heterocycles. The first kappa shape index (κ1) is 19.8. The third-order valence-corrected chi connectivity index (χ3v) is 5.15. The molecule has 1 atom stereocenters. The number of hydrogen-bond donors (Lipinski definition) is 1. The van der Waals surface area contributed by atoms with Gasteiger partial charge in [-0.1, -0.05) is 41.1 Å². The second-order valence-corrected chi connectivity index (χ2v) is 7.59. The molecule has 0 radical (unpaired) electrons. The number of tetrazole rings is 1. The van der Waals surface area contributed by atoms with Crippen molar-refractivity contribution in [3.63, 3.8) is 0 Å². The summed E-state index contributed by atoms with van der Waals surface area (Å²) in [5.74, 6) is -0.383. The number of thioether (sulfide) groups is 1. The van der Waals surface area contributed by atoms with Gasteiger partial charge in [0.05, 0.1) is 26.6 Å². The van der Waals surface area contributed by atoms with E-state index in [2.05, 4.69) is 20.8 Å². The molecule has 0 fully saturated rings. The van der Waals surface area contributed by atoms with Crippen molar-refractivity contribution in [2.24, 2.45) is 0 Å². The standard InChI is InChI=1S/C17H15ClN6O3S/c1-10-3-5-12(6-4-10)23-17(20-21-22-23)28-11(2)16(25)19-15-9-13(24(26)27)7-8-14(15)18/h3-9,11H,1-2H3,(H,19,25). The van der Waals surface area contributed by atoms with E-state index in [-0.39, 0.29) is 22.3 Å². The van der Waals surface area contributed by atoms with E-state index in [1.165, 1.54) is 22.9 Å². The van der Waals surface area contributed by atoms with E-state index in [1.807, 2.05) is 31.2 Å². The molecule has 1 unspecified atom stereocenters. The van der Waals surface area contributed by atoms with E-state index in [0.717, 1.165) is 23.0 Å². The van der Waals surface area contributed by atoms with Gasteiger partial charge in [-0.2, -0.15) is 4.68 Å². The van der Waals surface area contributed by atoms with E-state index in [4.69, 9.17) is 11.6 Å². The summed E-state index contributed by atoms with van der Waals surface area (Å²) in [5, 5.41) is 25.2. The lowest BCUT2D eigenvalue weighted by atomic mass is 10.2. The number of aromatic nitrogens is 4. The number of aryl methyl sites for hydroxylation is 1. The Hall–Kier alpha value is -2.98. The number of nitro benzene ring substituents is 1. The number of rotatable bonds is 6. The Morgan fingerprint density at radius 1 is 1.29 bits per heavy atom. The van der Waals surface area contributed by atoms with Gasteiger partial charge in [-0.15, -0.1) is 5.10 Å². The topological polar surface area (TPSA) is 116 Å². The summed E-state index contributed by atoms with van der Waals surface area (Å²) in [6, 6.07) is 11.5. The van der Waals surface area contributed by atoms with Crippen molar-refractivity contribution in [3.05, 3.63) is 63.2 Å². The number of halogens is 1. The Bertz CT molecular complexity index is 1020. The van der Waals surface area contributed by atoms with Gasteiger partial charge in [0.2, 0.25) is 11.1 Å². The summed E-state index contributed by atoms with van der Waals surface area (Å²) < 4.78 is 1.54. The van der Waals surface area contributed by atoms with Crippen LogP contribution in [0.25, 0.3) is 5.69 Å². The molecule has 0 saturated heterocycles. The first-order valence-corrected chi connectivity index (χ1v) is 9.38. The smallest absolute Gasteiger partial charge is 0.271 e. The summed E-state index contributed by atoms with van der Waals surface area (Å²) >= 11 is 7.19. The van der Waals surface area contributed by atoms with Crippen LogP contribution in [0.1, 0.15) is 12.5 Å². The molecule has 0 aliphatic heterocycles. The van der Waals surface area contributed by atoms with Crippen LogP contribution in [0.4, 0.5) is 11.4 Å². The van der Waals surface area contributed by atoms with Gasteiger partial charge < -0.3 is 5.32 Å². The summed E-state index contributed by atoms with van der Waals surface area (Å²) in [4.78, 5) is 22.9. The lowest BCUT2D eigenvalue weighted by Gasteiger charge is -2.12. The quantitative estimate of drug-likeness (QED) is 0.369. The first-order valence-electron chi connectivity index (χ1n) is 8.12. The Morgan fingerprint density at radius 2 is 2.00 bits per heavy atom. The average molecular weight is 419 g/mol. The first-order chi connectivity index (χ1) is 13.3. The third kappa shape index (κ3) is 4.46. The van der Waals surface area contributed by atoms with Gasteiger partial charge in [0.1, 0.15) is 0 Å². The maximum Gasteiger partial charge on any atom is 0.271 e. The molecule has 2 aromatic carbocycles. The monoisotopic (exact) mass is 418 g/mol. The molecule has 0 saturated carbocycles. The number of benzene rings is 2. The molecule has 144 valence electrons. The van der Waals surface area contributed by atoms with E-state index in [0.29, 0.717) is 5.16 Å². The minimum atomic E-state index is -0.578. The van der Waals surface area contributed by atoms with Gasteiger partial charge in [0.15, 0.2) is 0 Å². The molecule has 0 bridgehead atoms. The van der Waals surface area contributed by atoms with Crippen molar-refractivity contribution in [1.29, 1.82) is 0 Å². The second kappa shape index (κ2) is 8.36. The number of nitro groups is 1. The predicted molar refractivity (Wildman–Crippen MR) is 106 cm³/mol. The van der Waals surface area contributed by atoms with Crippen LogP contribution >= 0.6 is 23.4 Å². The van der Waals surface area contributed by atoms with E-state index in [9.17, 15) is 14.9 Å². The number of carbonyl (C=O) groups is 1. The van der Waals surface area contributed by atoms with Gasteiger partial charge in [0, 0.05) is 12.1 Å². The molecule has 11 heteroatoms. The summed E-state index contributed by atoms with van der Waals surface area (Å²) in [6.45, 7) is 3.66. The maximum atomic E-state index is 12.5. The van der Waals surface area contributed by atoms with Gasteiger partial charge >= 0.3 is 0 Å². The lowest BCUT2D eigenvalue weighted by Crippen LogP contribution is -2.23. The van der Waals surface area contributed by atoms with Crippen LogP contribution in [0.15, 0.2) is 47.6 Å². The van der Waals surface area contributed by atoms with Gasteiger partial charge in [0.25, 0.3) is 5.69 Å². The SMILES string of the molecule is Cc1ccc(-n2nnnc2SC(C)C(=O)Nc2cc([N+](=O)[O-])ccc2Cl)cc1. The highest BCUT2D eigenvalue weighted by Gasteiger charge is 2.21. The van der Waals surface area contributed by atoms with Crippen molar-refractivity contribution in [2.45, 2.75) is 24.3 Å². The zero-order valence-corrected chi connectivity index (χ0v) is 16.4. The minimum absolute atomic E-state index is 0.164. The van der Waals surface area contributed by atoms with E-state index in [1.54, 1.807) is 6.92 Å². The highest BCUT2D eigenvalue weighted by Crippen LogP contribution is 2.29. The van der Waals surface area contributed by atoms with E-state index >= 15 is 0 Å². The molecule has 1 amide bonds. The fourth-order valence-corrected chi connectivity index (χ4v) is 3.24. The maximum absolute atomic E-state index is 12.5.